The van der Waals surface area contributed by atoms with Gasteiger partial charge >= 0.3 is 47.8 Å². The Morgan fingerprint density at radius 3 is 1.77 bits per heavy atom. The number of rotatable bonds is 27. The van der Waals surface area contributed by atoms with Crippen molar-refractivity contribution in [2.75, 3.05) is 33.5 Å². The summed E-state index contributed by atoms with van der Waals surface area (Å²) < 4.78 is 97.9. The van der Waals surface area contributed by atoms with Crippen molar-refractivity contribution in [1.82, 2.24) is 10.6 Å². The van der Waals surface area contributed by atoms with Crippen molar-refractivity contribution in [3.8, 4) is 0 Å². The highest BCUT2D eigenvalue weighted by Crippen LogP contribution is 2.44. The number of ether oxygens (including phenoxy) is 16. The number of benzene rings is 2. The zero-order chi connectivity index (χ0) is 66.3. The van der Waals surface area contributed by atoms with Gasteiger partial charge in [-0.3, -0.25) is 38.4 Å². The molecule has 6 rings (SSSR count). The maximum absolute atomic E-state index is 15.1. The minimum atomic E-state index is -2.91. The number of hydrogen-bond donors (Lipinski definition) is 3. The van der Waals surface area contributed by atoms with E-state index in [-0.39, 0.29) is 26.4 Å². The lowest BCUT2D eigenvalue weighted by Gasteiger charge is -2.53. The number of nitrogens with one attached hydrogen (secondary N) is 2. The van der Waals surface area contributed by atoms with Crippen molar-refractivity contribution in [1.29, 1.82) is 0 Å². The second kappa shape index (κ2) is 32.3. The highest BCUT2D eigenvalue weighted by Gasteiger charge is 2.66. The first kappa shape index (κ1) is 72.1. The highest BCUT2D eigenvalue weighted by atomic mass is 28.3. The summed E-state index contributed by atoms with van der Waals surface area (Å²) in [6, 6.07) is 15.4. The molecule has 2 amide bonds. The molecular weight excluding hydrogens is 1210 g/mol. The highest BCUT2D eigenvalue weighted by molar-refractivity contribution is 6.76. The van der Waals surface area contributed by atoms with E-state index in [2.05, 4.69) is 30.3 Å². The zero-order valence-electron chi connectivity index (χ0n) is 52.4. The predicted molar refractivity (Wildman–Crippen MR) is 307 cm³/mol. The number of carbonyl (C=O) groups excluding carboxylic acids is 10. The Hall–Kier alpha value is -7.00. The maximum Gasteiger partial charge on any atom is 0.367 e. The predicted octanol–water partition coefficient (Wildman–Crippen LogP) is 1.93. The Kier molecular flexibility index (Phi) is 25.9. The summed E-state index contributed by atoms with van der Waals surface area (Å²) in [4.78, 5) is 134. The molecule has 4 fully saturated rings. The van der Waals surface area contributed by atoms with Gasteiger partial charge in [-0.1, -0.05) is 80.3 Å². The fourth-order valence-corrected chi connectivity index (χ4v) is 11.5. The molecule has 17 atom stereocenters. The molecule has 4 aliphatic heterocycles. The molecule has 29 nitrogen and oxygen atoms in total. The number of aliphatic hydroxyl groups is 1. The second-order valence-corrected chi connectivity index (χ2v) is 28.9. The van der Waals surface area contributed by atoms with Crippen LogP contribution in [0.3, 0.4) is 0 Å². The number of methoxy groups -OCH3 is 1. The monoisotopic (exact) mass is 1290 g/mol. The van der Waals surface area contributed by atoms with Crippen LogP contribution in [0.5, 0.6) is 0 Å². The third kappa shape index (κ3) is 20.0. The van der Waals surface area contributed by atoms with Crippen LogP contribution in [0.25, 0.3) is 0 Å². The molecule has 4 heterocycles. The third-order valence-corrected chi connectivity index (χ3v) is 16.2. The topological polar surface area (TPSA) is 363 Å². The van der Waals surface area contributed by atoms with Gasteiger partial charge in [-0.2, -0.15) is 0 Å². The van der Waals surface area contributed by atoms with Crippen LogP contribution in [0.4, 0.5) is 0 Å². The Morgan fingerprint density at radius 1 is 0.667 bits per heavy atom. The van der Waals surface area contributed by atoms with Crippen LogP contribution in [0.15, 0.2) is 60.7 Å². The van der Waals surface area contributed by atoms with Crippen molar-refractivity contribution in [3.63, 3.8) is 0 Å². The number of carbonyl (C=O) groups is 10. The van der Waals surface area contributed by atoms with Gasteiger partial charge in [-0.05, 0) is 17.2 Å². The van der Waals surface area contributed by atoms with Crippen molar-refractivity contribution in [3.05, 3.63) is 71.8 Å². The minimum Gasteiger partial charge on any atom is -0.465 e. The number of amides is 2. The average Bonchev–Trinajstić information content (AvgIpc) is 0.747. The summed E-state index contributed by atoms with van der Waals surface area (Å²) in [5.41, 5.74) is 1.44. The van der Waals surface area contributed by atoms with Crippen LogP contribution in [-0.4, -0.2) is 209 Å². The Balaban J connectivity index is 1.53. The molecule has 0 unspecified atom stereocenters. The lowest BCUT2D eigenvalue weighted by molar-refractivity contribution is -0.382. The molecule has 2 aromatic rings. The van der Waals surface area contributed by atoms with Gasteiger partial charge in [0.2, 0.25) is 11.8 Å². The normalized spacial score (nSPS) is 29.3. The van der Waals surface area contributed by atoms with Gasteiger partial charge in [-0.15, -0.1) is 0 Å². The smallest absolute Gasteiger partial charge is 0.367 e. The number of hydrogen-bond acceptors (Lipinski definition) is 27. The average molecular weight is 1290 g/mol. The summed E-state index contributed by atoms with van der Waals surface area (Å²) in [7, 11) is -0.830. The fraction of sp³-hybridized carbons (Fsp3) is 0.633. The molecule has 0 radical (unpaired) electrons. The van der Waals surface area contributed by atoms with Crippen LogP contribution in [0.2, 0.25) is 25.7 Å². The second-order valence-electron chi connectivity index (χ2n) is 23.2. The largest absolute Gasteiger partial charge is 0.465 e. The van der Waals surface area contributed by atoms with Gasteiger partial charge in [0.1, 0.15) is 68.1 Å². The fourth-order valence-electron chi connectivity index (χ4n) is 10.8. The van der Waals surface area contributed by atoms with E-state index in [1.807, 2.05) is 30.3 Å². The molecule has 90 heavy (non-hydrogen) atoms. The number of aliphatic hydroxyl groups excluding tert-OH is 1. The van der Waals surface area contributed by atoms with E-state index < -0.39 is 197 Å². The van der Waals surface area contributed by atoms with Crippen LogP contribution in [-0.2, 0) is 137 Å². The molecule has 1 spiro atoms. The molecule has 3 N–H and O–H groups in total. The molecule has 4 aliphatic rings. The Labute approximate surface area is 521 Å². The summed E-state index contributed by atoms with van der Waals surface area (Å²) in [6.45, 7) is 12.6. The van der Waals surface area contributed by atoms with Crippen molar-refractivity contribution >= 4 is 67.6 Å². The van der Waals surface area contributed by atoms with Crippen molar-refractivity contribution in [2.45, 2.75) is 210 Å². The van der Waals surface area contributed by atoms with Crippen LogP contribution < -0.4 is 10.6 Å². The van der Waals surface area contributed by atoms with Crippen LogP contribution in [0.1, 0.15) is 79.4 Å². The van der Waals surface area contributed by atoms with E-state index in [1.165, 1.54) is 0 Å². The number of cyclic esters (lactones) is 1. The molecule has 0 aliphatic carbocycles. The van der Waals surface area contributed by atoms with Crippen LogP contribution >= 0.6 is 0 Å². The van der Waals surface area contributed by atoms with Gasteiger partial charge in [-0.25, -0.2) is 9.59 Å². The van der Waals surface area contributed by atoms with Crippen molar-refractivity contribution in [2.24, 2.45) is 0 Å². The van der Waals surface area contributed by atoms with Gasteiger partial charge in [0.05, 0.1) is 51.9 Å². The molecule has 0 bridgehead atoms. The lowest BCUT2D eigenvalue weighted by Crippen LogP contribution is -2.73. The summed E-state index contributed by atoms with van der Waals surface area (Å²) in [6.07, 6.45) is -24.5. The molecule has 0 saturated carbocycles. The van der Waals surface area contributed by atoms with E-state index in [4.69, 9.17) is 75.8 Å². The van der Waals surface area contributed by atoms with E-state index >= 15 is 4.79 Å². The Morgan fingerprint density at radius 2 is 1.23 bits per heavy atom. The first-order valence-corrected chi connectivity index (χ1v) is 32.9. The van der Waals surface area contributed by atoms with E-state index in [0.29, 0.717) is 11.6 Å². The first-order valence-electron chi connectivity index (χ1n) is 29.2. The van der Waals surface area contributed by atoms with Crippen LogP contribution in [0, 0.1) is 0 Å². The van der Waals surface area contributed by atoms with Crippen molar-refractivity contribution < 1.29 is 129 Å². The van der Waals surface area contributed by atoms with Gasteiger partial charge in [0.15, 0.2) is 24.6 Å². The van der Waals surface area contributed by atoms with Gasteiger partial charge < -0.3 is 91.5 Å². The Bertz CT molecular complexity index is 2820. The van der Waals surface area contributed by atoms with E-state index in [9.17, 15) is 48.3 Å². The molecule has 0 aromatic heterocycles. The summed E-state index contributed by atoms with van der Waals surface area (Å²) in [5.74, 6) is -16.1. The molecule has 30 heteroatoms. The molecular formula is C60H82N2O27Si. The summed E-state index contributed by atoms with van der Waals surface area (Å²) in [5, 5.41) is 17.9. The maximum atomic E-state index is 15.1. The van der Waals surface area contributed by atoms with Gasteiger partial charge in [0, 0.05) is 70.1 Å². The lowest BCUT2D eigenvalue weighted by atomic mass is 9.86. The van der Waals surface area contributed by atoms with E-state index in [1.54, 1.807) is 30.3 Å². The number of esters is 8. The molecule has 4 saturated heterocycles. The SMILES string of the molecule is COC(=O)[C@@]1(O[C@H]2[C@@H](O)[C@@H](COCc3ccccc3)O[C@@H](OCC[Si](C)(C)C)[C@@H]2OCc2ccccc2)C[C@H](OC(C)=O)[C@@H](NC(C)=O)[C@H]([C@H](OC(C)=O)[C@H]2COC(=O)[C@]3(C[C@H](OC(C)=O)[C@@H](NC(C)=O)[C@H]([C@H](OC(C)=O)[C@@H](COC(C)=O)OC(C)=O)O3)O2)O1. The summed E-state index contributed by atoms with van der Waals surface area (Å²) >= 11 is 0. The standard InChI is InChI=1S/C60H82N2O27Si/c1-32(63)61-47-43(81-36(5)67)26-60(88-52(47)50(83-38(7)69)45(82-37(6)68)30-77-34(3)65)58(73)79-31-46(86-60)51(84-39(8)70)53-48(62-33(2)64)42(80-35(4)66)25-59(87-53,57(72)74-9)89-54-49(71)44(29-75-27-40-19-15-13-16-20-40)85-56(76-23-24-90(10,11)12)55(54)78-28-41-21-17-14-18-22-41/h13-22,42-56,71H,23-31H2,1-12H3,(H,61,63)(H,62,64)/t42-,43-,44+,45+,46+,47+,48+,49-,50+,51+,52+,53+,54-,55+,56+,59-,60+/m0/s1. The first-order chi connectivity index (χ1) is 42.4. The minimum absolute atomic E-state index is 0.0700. The van der Waals surface area contributed by atoms with E-state index in [0.717, 1.165) is 68.1 Å². The molecule has 2 aromatic carbocycles. The zero-order valence-corrected chi connectivity index (χ0v) is 53.4. The quantitative estimate of drug-likeness (QED) is 0.0653. The third-order valence-electron chi connectivity index (χ3n) is 14.5. The molecule has 498 valence electrons. The van der Waals surface area contributed by atoms with Gasteiger partial charge in [0.25, 0.3) is 11.6 Å².